The first-order chi connectivity index (χ1) is 7.76. The normalized spacial score (nSPS) is 10.6. The van der Waals surface area contributed by atoms with Crippen molar-refractivity contribution in [3.63, 3.8) is 0 Å². The van der Waals surface area contributed by atoms with Gasteiger partial charge >= 0.3 is 0 Å². The number of para-hydroxylation sites is 1. The van der Waals surface area contributed by atoms with Crippen LogP contribution < -0.4 is 5.73 Å². The van der Waals surface area contributed by atoms with Gasteiger partial charge in [0.25, 0.3) is 0 Å². The summed E-state index contributed by atoms with van der Waals surface area (Å²) in [4.78, 5) is 0. The molecule has 4 nitrogen and oxygen atoms in total. The number of hydrogen-bond acceptors (Lipinski definition) is 3. The minimum absolute atomic E-state index is 0.265. The molecule has 0 fully saturated rings. The average Bonchev–Trinajstić information content (AvgIpc) is 2.72. The molecule has 0 amide bonds. The first-order valence-electron chi connectivity index (χ1n) is 5.31. The summed E-state index contributed by atoms with van der Waals surface area (Å²) in [7, 11) is 0. The number of nitrogens with zero attached hydrogens (tertiary/aromatic N) is 2. The maximum atomic E-state index is 9.79. The number of hydrogen-bond donors (Lipinski definition) is 2. The Hall–Kier alpha value is -1.81. The Labute approximate surface area is 94.3 Å². The van der Waals surface area contributed by atoms with Gasteiger partial charge in [0.1, 0.15) is 5.75 Å². The summed E-state index contributed by atoms with van der Waals surface area (Å²) in [6, 6.07) is 9.15. The predicted molar refractivity (Wildman–Crippen MR) is 62.9 cm³/mol. The molecule has 1 aromatic heterocycles. The minimum Gasteiger partial charge on any atom is -0.507 e. The summed E-state index contributed by atoms with van der Waals surface area (Å²) < 4.78 is 1.84. The third kappa shape index (κ3) is 1.79. The highest BCUT2D eigenvalue weighted by Crippen LogP contribution is 2.29. The van der Waals surface area contributed by atoms with E-state index in [2.05, 4.69) is 5.10 Å². The van der Waals surface area contributed by atoms with Gasteiger partial charge in [-0.3, -0.25) is 4.68 Å². The zero-order chi connectivity index (χ0) is 11.5. The van der Waals surface area contributed by atoms with Crippen LogP contribution in [0.15, 0.2) is 30.3 Å². The lowest BCUT2D eigenvalue weighted by molar-refractivity contribution is 0.476. The molecule has 0 saturated carbocycles. The molecule has 1 aromatic carbocycles. The lowest BCUT2D eigenvalue weighted by atomic mass is 10.1. The molecule has 2 aromatic rings. The van der Waals surface area contributed by atoms with Gasteiger partial charge in [0.15, 0.2) is 0 Å². The fourth-order valence-corrected chi connectivity index (χ4v) is 1.72. The van der Waals surface area contributed by atoms with Crippen molar-refractivity contribution in [2.24, 2.45) is 5.73 Å². The molecule has 4 heteroatoms. The van der Waals surface area contributed by atoms with Gasteiger partial charge in [-0.05, 0) is 25.1 Å². The number of phenols is 1. The number of aromatic hydroxyl groups is 1. The number of aromatic nitrogens is 2. The monoisotopic (exact) mass is 217 g/mol. The Morgan fingerprint density at radius 1 is 1.38 bits per heavy atom. The maximum Gasteiger partial charge on any atom is 0.124 e. The topological polar surface area (TPSA) is 64.1 Å². The Morgan fingerprint density at radius 3 is 2.75 bits per heavy atom. The Morgan fingerprint density at radius 2 is 2.12 bits per heavy atom. The van der Waals surface area contributed by atoms with E-state index in [9.17, 15) is 5.11 Å². The van der Waals surface area contributed by atoms with Crippen LogP contribution in [-0.2, 0) is 13.1 Å². The maximum absolute atomic E-state index is 9.79. The van der Waals surface area contributed by atoms with Crippen molar-refractivity contribution in [3.8, 4) is 17.0 Å². The second-order valence-electron chi connectivity index (χ2n) is 3.56. The summed E-state index contributed by atoms with van der Waals surface area (Å²) in [6.45, 7) is 3.17. The quantitative estimate of drug-likeness (QED) is 0.823. The predicted octanol–water partition coefficient (Wildman–Crippen LogP) is 1.73. The van der Waals surface area contributed by atoms with Gasteiger partial charge < -0.3 is 10.8 Å². The molecule has 0 aliphatic heterocycles. The molecule has 16 heavy (non-hydrogen) atoms. The fourth-order valence-electron chi connectivity index (χ4n) is 1.72. The van der Waals surface area contributed by atoms with Crippen LogP contribution in [0.4, 0.5) is 0 Å². The third-order valence-corrected chi connectivity index (χ3v) is 2.52. The molecule has 0 aliphatic carbocycles. The van der Waals surface area contributed by atoms with E-state index in [0.29, 0.717) is 6.54 Å². The van der Waals surface area contributed by atoms with Crippen molar-refractivity contribution in [1.82, 2.24) is 9.78 Å². The fraction of sp³-hybridized carbons (Fsp3) is 0.250. The molecule has 0 radical (unpaired) electrons. The van der Waals surface area contributed by atoms with E-state index in [0.717, 1.165) is 23.5 Å². The van der Waals surface area contributed by atoms with Crippen LogP contribution in [-0.4, -0.2) is 14.9 Å². The van der Waals surface area contributed by atoms with Gasteiger partial charge in [0.05, 0.1) is 11.4 Å². The highest BCUT2D eigenvalue weighted by atomic mass is 16.3. The SMILES string of the molecule is CCn1nc(CN)cc1-c1ccccc1O. The van der Waals surface area contributed by atoms with E-state index in [1.807, 2.05) is 29.8 Å². The summed E-state index contributed by atoms with van der Waals surface area (Å²) in [5.41, 5.74) is 8.09. The van der Waals surface area contributed by atoms with Crippen molar-refractivity contribution in [2.45, 2.75) is 20.0 Å². The molecule has 0 spiro atoms. The number of benzene rings is 1. The third-order valence-electron chi connectivity index (χ3n) is 2.52. The molecule has 1 heterocycles. The van der Waals surface area contributed by atoms with Gasteiger partial charge in [-0.2, -0.15) is 5.10 Å². The van der Waals surface area contributed by atoms with Crippen molar-refractivity contribution >= 4 is 0 Å². The Balaban J connectivity index is 2.54. The lowest BCUT2D eigenvalue weighted by Gasteiger charge is -2.05. The number of aryl methyl sites for hydroxylation is 1. The first kappa shape index (κ1) is 10.7. The summed E-state index contributed by atoms with van der Waals surface area (Å²) >= 11 is 0. The van der Waals surface area contributed by atoms with E-state index in [-0.39, 0.29) is 5.75 Å². The number of nitrogens with two attached hydrogens (primary N) is 1. The second-order valence-corrected chi connectivity index (χ2v) is 3.56. The van der Waals surface area contributed by atoms with Crippen molar-refractivity contribution in [3.05, 3.63) is 36.0 Å². The minimum atomic E-state index is 0.265. The summed E-state index contributed by atoms with van der Waals surface area (Å²) in [5.74, 6) is 0.265. The molecule has 0 atom stereocenters. The number of rotatable bonds is 3. The standard InChI is InChI=1S/C12H15N3O/c1-2-15-11(7-9(8-13)14-15)10-5-3-4-6-12(10)16/h3-7,16H,2,8,13H2,1H3. The molecular weight excluding hydrogens is 202 g/mol. The number of phenolic OH excluding ortho intramolecular Hbond substituents is 1. The van der Waals surface area contributed by atoms with E-state index < -0.39 is 0 Å². The average molecular weight is 217 g/mol. The smallest absolute Gasteiger partial charge is 0.124 e. The van der Waals surface area contributed by atoms with Gasteiger partial charge in [-0.15, -0.1) is 0 Å². The Bertz CT molecular complexity index is 491. The molecule has 0 unspecified atom stereocenters. The largest absolute Gasteiger partial charge is 0.507 e. The van der Waals surface area contributed by atoms with Crippen LogP contribution in [0.25, 0.3) is 11.3 Å². The van der Waals surface area contributed by atoms with Crippen molar-refractivity contribution < 1.29 is 5.11 Å². The van der Waals surface area contributed by atoms with Crippen LogP contribution in [0.1, 0.15) is 12.6 Å². The van der Waals surface area contributed by atoms with Gasteiger partial charge in [0.2, 0.25) is 0 Å². The van der Waals surface area contributed by atoms with E-state index >= 15 is 0 Å². The lowest BCUT2D eigenvalue weighted by Crippen LogP contribution is -2.01. The van der Waals surface area contributed by atoms with E-state index in [1.54, 1.807) is 12.1 Å². The zero-order valence-corrected chi connectivity index (χ0v) is 9.22. The molecule has 0 aliphatic rings. The van der Waals surface area contributed by atoms with E-state index in [4.69, 9.17) is 5.73 Å². The molecule has 0 bridgehead atoms. The van der Waals surface area contributed by atoms with Crippen LogP contribution >= 0.6 is 0 Å². The van der Waals surface area contributed by atoms with Crippen molar-refractivity contribution in [2.75, 3.05) is 0 Å². The van der Waals surface area contributed by atoms with Crippen LogP contribution in [0.2, 0.25) is 0 Å². The molecule has 0 saturated heterocycles. The molecule has 2 rings (SSSR count). The first-order valence-corrected chi connectivity index (χ1v) is 5.31. The van der Waals surface area contributed by atoms with Gasteiger partial charge in [0, 0.05) is 18.7 Å². The highest BCUT2D eigenvalue weighted by molar-refractivity contribution is 5.67. The molecule has 3 N–H and O–H groups in total. The van der Waals surface area contributed by atoms with Gasteiger partial charge in [-0.1, -0.05) is 12.1 Å². The van der Waals surface area contributed by atoms with Gasteiger partial charge in [-0.25, -0.2) is 0 Å². The van der Waals surface area contributed by atoms with Crippen LogP contribution in [0, 0.1) is 0 Å². The van der Waals surface area contributed by atoms with Crippen molar-refractivity contribution in [1.29, 1.82) is 0 Å². The second kappa shape index (κ2) is 4.37. The summed E-state index contributed by atoms with van der Waals surface area (Å²) in [5, 5.41) is 14.1. The zero-order valence-electron chi connectivity index (χ0n) is 9.22. The Kier molecular flexibility index (Phi) is 2.92. The molecular formula is C12H15N3O. The van der Waals surface area contributed by atoms with E-state index in [1.165, 1.54) is 0 Å². The highest BCUT2D eigenvalue weighted by Gasteiger charge is 2.10. The van der Waals surface area contributed by atoms with Crippen LogP contribution in [0.3, 0.4) is 0 Å². The van der Waals surface area contributed by atoms with Crippen LogP contribution in [0.5, 0.6) is 5.75 Å². The molecule has 84 valence electrons. The summed E-state index contributed by atoms with van der Waals surface area (Å²) in [6.07, 6.45) is 0.